The minimum Gasteiger partial charge on any atom is -0.455 e. The first-order valence-corrected chi connectivity index (χ1v) is 44.8. The van der Waals surface area contributed by atoms with E-state index in [9.17, 15) is 0 Å². The highest BCUT2D eigenvalue weighted by atomic mass is 32.1. The number of hydrogen-bond acceptors (Lipinski definition) is 6. The topological polar surface area (TPSA) is 107 Å². The van der Waals surface area contributed by atoms with Crippen LogP contribution in [0.1, 0.15) is 94.2 Å². The van der Waals surface area contributed by atoms with Gasteiger partial charge < -0.3 is 27.3 Å². The molecule has 0 aliphatic carbocycles. The van der Waals surface area contributed by atoms with E-state index in [-0.39, 0.29) is 22.2 Å². The smallest absolute Gasteiger partial charge is 0.216 e. The summed E-state index contributed by atoms with van der Waals surface area (Å²) in [5.74, 6) is 3.97. The van der Waals surface area contributed by atoms with Gasteiger partial charge in [0, 0.05) is 75.1 Å². The molecule has 14 nitrogen and oxygen atoms in total. The monoisotopic (exact) mass is 1670 g/mol. The molecule has 15 aromatic carbocycles. The van der Waals surface area contributed by atoms with E-state index in [0.29, 0.717) is 0 Å². The van der Waals surface area contributed by atoms with Gasteiger partial charge in [0.25, 0.3) is 0 Å². The standard InChI is InChI=1S/C35H28N4.C29H23N3O.C29H23N3S.C19H21N3/c1-35(2,3)39-33-16-10-9-15-32(33)38-31-20-18-24(22-28(31)36-34(38)39)23-17-19-30-27(21-23)26-13-7-8-14-29(26)37(30)25-11-5-4-6-12-25;2*1-29(2,3)32-25-13-6-5-12-24(25)31-23-16-15-18(17-22(23)30-28(31)32)19-10-8-11-21-20-9-4-7-14-26(20)33-27(19)21;1-12-6-8-15-14(10-12)20-18-21(15)17-11-13(2)7-9-16(17)22(18)19(3,4)5/h4-22H,1-3H3;2*4-17H,1-3H3;6-11H,1-5H3. The summed E-state index contributed by atoms with van der Waals surface area (Å²) in [5.41, 5.74) is 33.1. The van der Waals surface area contributed by atoms with Crippen LogP contribution in [0.2, 0.25) is 0 Å². The van der Waals surface area contributed by atoms with Gasteiger partial charge in [-0.15, -0.1) is 11.3 Å². The summed E-state index contributed by atoms with van der Waals surface area (Å²) in [6.45, 7) is 31.1. The van der Waals surface area contributed by atoms with Gasteiger partial charge in [-0.2, -0.15) is 0 Å². The quantitative estimate of drug-likeness (QED) is 0.174. The van der Waals surface area contributed by atoms with Gasteiger partial charge in [-0.3, -0.25) is 17.6 Å². The second kappa shape index (κ2) is 28.4. The fourth-order valence-electron chi connectivity index (χ4n) is 20.0. The average molecular weight is 1670 g/mol. The van der Waals surface area contributed by atoms with Crippen LogP contribution >= 0.6 is 11.3 Å². The largest absolute Gasteiger partial charge is 0.455 e. The number of hydrogen-bond donors (Lipinski definition) is 0. The third kappa shape index (κ3) is 12.2. The molecule has 0 saturated heterocycles. The number of benzene rings is 15. The van der Waals surface area contributed by atoms with Crippen LogP contribution in [0.25, 0.3) is 214 Å². The number of aryl methyl sites for hydroxylation is 2. The summed E-state index contributed by atoms with van der Waals surface area (Å²) in [7, 11) is 0. The van der Waals surface area contributed by atoms with Crippen molar-refractivity contribution >= 4 is 187 Å². The molecular weight excluding hydrogens is 1580 g/mol. The number of furan rings is 1. The molecule has 0 fully saturated rings. The van der Waals surface area contributed by atoms with Gasteiger partial charge in [0.15, 0.2) is 0 Å². The van der Waals surface area contributed by atoms with Crippen LogP contribution in [-0.2, 0) is 22.2 Å². The summed E-state index contributed by atoms with van der Waals surface area (Å²) in [4.78, 5) is 20.4. The lowest BCUT2D eigenvalue weighted by molar-refractivity contribution is 0.418. The maximum atomic E-state index is 6.29. The lowest BCUT2D eigenvalue weighted by atomic mass is 10.0. The molecule has 127 heavy (non-hydrogen) atoms. The third-order valence-electron chi connectivity index (χ3n) is 25.3. The molecule has 0 saturated carbocycles. The minimum absolute atomic E-state index is 0.0192. The van der Waals surface area contributed by atoms with Crippen molar-refractivity contribution in [1.29, 1.82) is 0 Å². The SMILES string of the molecule is CC(C)(C)n1c2ccccc2n2c3ccc(-c4ccc5c(c4)c4ccccc4n5-c4ccccc4)cc3nc12.CC(C)(C)n1c2ccccc2n2c3ccc(-c4cccc5c4oc4ccccc45)cc3nc12.CC(C)(C)n1c2ccccc2n2c3ccc(-c4cccc5c4sc4ccccc45)cc3nc12.Cc1ccc2c(c1)nc1n(C(C)(C)C)c3ccc(C)cc3n21. The van der Waals surface area contributed by atoms with Gasteiger partial charge >= 0.3 is 0 Å². The molecule has 0 unspecified atom stereocenters. The van der Waals surface area contributed by atoms with Crippen LogP contribution in [0.3, 0.4) is 0 Å². The first kappa shape index (κ1) is 77.0. The molecule has 0 N–H and O–H groups in total. The Bertz CT molecular complexity index is 8720. The van der Waals surface area contributed by atoms with Crippen molar-refractivity contribution in [2.24, 2.45) is 0 Å². The number of nitrogens with zero attached hydrogens (tertiary/aromatic N) is 13. The summed E-state index contributed by atoms with van der Waals surface area (Å²) in [6, 6.07) is 115. The predicted octanol–water partition coefficient (Wildman–Crippen LogP) is 29.8. The summed E-state index contributed by atoms with van der Waals surface area (Å²) >= 11 is 1.87. The number of thiophene rings is 1. The molecule has 0 amide bonds. The zero-order valence-electron chi connectivity index (χ0n) is 73.7. The molecule has 0 atom stereocenters. The van der Waals surface area contributed by atoms with Crippen LogP contribution in [0.15, 0.2) is 326 Å². The highest BCUT2D eigenvalue weighted by Gasteiger charge is 2.30. The summed E-state index contributed by atoms with van der Waals surface area (Å²) in [6.07, 6.45) is 0. The Morgan fingerprint density at radius 2 is 0.614 bits per heavy atom. The van der Waals surface area contributed by atoms with Crippen LogP contribution in [-0.4, -0.2) is 60.4 Å². The first-order chi connectivity index (χ1) is 61.4. The van der Waals surface area contributed by atoms with Crippen molar-refractivity contribution in [2.75, 3.05) is 0 Å². The first-order valence-electron chi connectivity index (χ1n) is 43.9. The molecule has 11 heterocycles. The van der Waals surface area contributed by atoms with Gasteiger partial charge in [0.05, 0.1) is 99.3 Å². The van der Waals surface area contributed by atoms with Gasteiger partial charge in [-0.05, 0) is 275 Å². The Balaban J connectivity index is 0.0000000988. The Morgan fingerprint density at radius 3 is 1.15 bits per heavy atom. The van der Waals surface area contributed by atoms with E-state index < -0.39 is 0 Å². The van der Waals surface area contributed by atoms with Gasteiger partial charge in [-0.1, -0.05) is 182 Å². The third-order valence-corrected chi connectivity index (χ3v) is 26.6. The van der Waals surface area contributed by atoms with Crippen molar-refractivity contribution in [3.63, 3.8) is 0 Å². The van der Waals surface area contributed by atoms with Gasteiger partial charge in [0.2, 0.25) is 23.1 Å². The Labute approximate surface area is 737 Å². The van der Waals surface area contributed by atoms with E-state index in [1.807, 2.05) is 23.5 Å². The van der Waals surface area contributed by atoms with E-state index in [2.05, 4.69) is 447 Å². The van der Waals surface area contributed by atoms with Crippen molar-refractivity contribution in [3.05, 3.63) is 333 Å². The molecule has 26 aromatic rings. The van der Waals surface area contributed by atoms with Crippen molar-refractivity contribution < 1.29 is 4.42 Å². The second-order valence-corrected chi connectivity index (χ2v) is 39.1. The molecule has 0 radical (unpaired) electrons. The Morgan fingerprint density at radius 1 is 0.252 bits per heavy atom. The van der Waals surface area contributed by atoms with Crippen LogP contribution in [0.5, 0.6) is 0 Å². The average Bonchev–Trinajstić information content (AvgIpc) is 1.57. The number of fused-ring (bicyclic) bond motifs is 29. The molecule has 11 aromatic heterocycles. The molecule has 0 aliphatic heterocycles. The van der Waals surface area contributed by atoms with E-state index in [1.165, 1.54) is 131 Å². The second-order valence-electron chi connectivity index (χ2n) is 38.1. The highest BCUT2D eigenvalue weighted by Crippen LogP contribution is 2.45. The van der Waals surface area contributed by atoms with Gasteiger partial charge in [-0.25, -0.2) is 19.9 Å². The van der Waals surface area contributed by atoms with Crippen LogP contribution in [0, 0.1) is 13.8 Å². The van der Waals surface area contributed by atoms with E-state index in [0.717, 1.165) is 94.8 Å². The fraction of sp³-hybridized carbons (Fsp3) is 0.161. The zero-order chi connectivity index (χ0) is 86.6. The molecule has 0 aliphatic rings. The van der Waals surface area contributed by atoms with E-state index in [1.54, 1.807) is 0 Å². The highest BCUT2D eigenvalue weighted by molar-refractivity contribution is 7.26. The molecule has 26 rings (SSSR count). The molecule has 0 spiro atoms. The number of imidazole rings is 8. The minimum atomic E-state index is -0.0907. The van der Waals surface area contributed by atoms with Crippen LogP contribution in [0.4, 0.5) is 0 Å². The van der Waals surface area contributed by atoms with Crippen molar-refractivity contribution in [1.82, 2.24) is 60.4 Å². The Hall–Kier alpha value is -14.8. The molecule has 0 bridgehead atoms. The normalized spacial score (nSPS) is 12.6. The van der Waals surface area contributed by atoms with E-state index in [4.69, 9.17) is 24.4 Å². The zero-order valence-corrected chi connectivity index (χ0v) is 74.5. The maximum Gasteiger partial charge on any atom is 0.216 e. The van der Waals surface area contributed by atoms with Gasteiger partial charge in [0.1, 0.15) is 11.2 Å². The summed E-state index contributed by atoms with van der Waals surface area (Å²) < 4.78 is 29.9. The fourth-order valence-corrected chi connectivity index (χ4v) is 21.2. The van der Waals surface area contributed by atoms with E-state index >= 15 is 0 Å². The molecular formula is C112H95N13OS. The number of rotatable bonds is 4. The predicted molar refractivity (Wildman–Crippen MR) is 533 cm³/mol. The van der Waals surface area contributed by atoms with Crippen molar-refractivity contribution in [2.45, 2.75) is 119 Å². The lowest BCUT2D eigenvalue weighted by Gasteiger charge is -2.22. The lowest BCUT2D eigenvalue weighted by Crippen LogP contribution is -2.21. The summed E-state index contributed by atoms with van der Waals surface area (Å²) in [5, 5.41) is 7.47. The number of para-hydroxylation sites is 10. The molecule has 15 heteroatoms. The maximum absolute atomic E-state index is 6.29. The Kier molecular flexibility index (Phi) is 17.2. The van der Waals surface area contributed by atoms with Crippen LogP contribution < -0.4 is 0 Å². The number of aromatic nitrogens is 13. The molecule has 620 valence electrons. The van der Waals surface area contributed by atoms with Crippen molar-refractivity contribution in [3.8, 4) is 39.1 Å².